The molecule has 0 amide bonds. The number of pyridine rings is 1. The molecule has 0 aromatic carbocycles. The predicted molar refractivity (Wildman–Crippen MR) is 65.0 cm³/mol. The SMILES string of the molecule is NCCCCCCOc1cc(Br)ccn1. The monoisotopic (exact) mass is 272 g/mol. The fourth-order valence-electron chi connectivity index (χ4n) is 1.24. The van der Waals surface area contributed by atoms with Crippen molar-refractivity contribution in [1.82, 2.24) is 4.98 Å². The molecule has 0 saturated heterocycles. The number of aromatic nitrogens is 1. The zero-order valence-electron chi connectivity index (χ0n) is 8.79. The number of unbranched alkanes of at least 4 members (excludes halogenated alkanes) is 3. The van der Waals surface area contributed by atoms with E-state index in [0.717, 1.165) is 30.5 Å². The smallest absolute Gasteiger partial charge is 0.214 e. The molecule has 0 atom stereocenters. The maximum absolute atomic E-state index is 5.49. The maximum Gasteiger partial charge on any atom is 0.214 e. The average molecular weight is 273 g/mol. The molecule has 0 radical (unpaired) electrons. The van der Waals surface area contributed by atoms with Crippen molar-refractivity contribution in [2.75, 3.05) is 13.2 Å². The van der Waals surface area contributed by atoms with Gasteiger partial charge >= 0.3 is 0 Å². The van der Waals surface area contributed by atoms with E-state index in [4.69, 9.17) is 10.5 Å². The number of hydrogen-bond acceptors (Lipinski definition) is 3. The molecule has 4 heteroatoms. The van der Waals surface area contributed by atoms with E-state index >= 15 is 0 Å². The molecule has 0 aliphatic carbocycles. The lowest BCUT2D eigenvalue weighted by molar-refractivity contribution is 0.293. The van der Waals surface area contributed by atoms with E-state index in [9.17, 15) is 0 Å². The van der Waals surface area contributed by atoms with Crippen LogP contribution in [0.2, 0.25) is 0 Å². The minimum atomic E-state index is 0.684. The van der Waals surface area contributed by atoms with Crippen LogP contribution >= 0.6 is 15.9 Å². The molecule has 84 valence electrons. The van der Waals surface area contributed by atoms with E-state index in [-0.39, 0.29) is 0 Å². The van der Waals surface area contributed by atoms with Gasteiger partial charge in [0.05, 0.1) is 6.61 Å². The molecule has 15 heavy (non-hydrogen) atoms. The molecule has 0 aliphatic rings. The third-order valence-electron chi connectivity index (χ3n) is 2.05. The van der Waals surface area contributed by atoms with Crippen molar-refractivity contribution in [2.45, 2.75) is 25.7 Å². The van der Waals surface area contributed by atoms with Crippen LogP contribution in [0.25, 0.3) is 0 Å². The highest BCUT2D eigenvalue weighted by Crippen LogP contribution is 2.14. The first-order chi connectivity index (χ1) is 7.33. The summed E-state index contributed by atoms with van der Waals surface area (Å²) in [5.74, 6) is 0.684. The summed E-state index contributed by atoms with van der Waals surface area (Å²) in [6.45, 7) is 1.52. The largest absolute Gasteiger partial charge is 0.478 e. The number of halogens is 1. The topological polar surface area (TPSA) is 48.1 Å². The summed E-state index contributed by atoms with van der Waals surface area (Å²) in [4.78, 5) is 4.10. The first-order valence-electron chi connectivity index (χ1n) is 5.27. The molecule has 1 aromatic rings. The number of hydrogen-bond donors (Lipinski definition) is 1. The van der Waals surface area contributed by atoms with Gasteiger partial charge in [-0.3, -0.25) is 0 Å². The standard InChI is InChI=1S/C11H17BrN2O/c12-10-5-7-14-11(9-10)15-8-4-2-1-3-6-13/h5,7,9H,1-4,6,8,13H2. The minimum Gasteiger partial charge on any atom is -0.478 e. The third-order valence-corrected chi connectivity index (χ3v) is 2.54. The second kappa shape index (κ2) is 7.65. The Kier molecular flexibility index (Phi) is 6.36. The van der Waals surface area contributed by atoms with Crippen molar-refractivity contribution in [3.05, 3.63) is 22.8 Å². The molecule has 0 saturated carbocycles. The first-order valence-corrected chi connectivity index (χ1v) is 6.06. The first kappa shape index (κ1) is 12.5. The van der Waals surface area contributed by atoms with Gasteiger partial charge in [0.25, 0.3) is 0 Å². The summed E-state index contributed by atoms with van der Waals surface area (Å²) in [6.07, 6.45) is 6.26. The molecule has 1 aromatic heterocycles. The van der Waals surface area contributed by atoms with E-state index in [1.807, 2.05) is 12.1 Å². The van der Waals surface area contributed by atoms with Gasteiger partial charge in [-0.1, -0.05) is 28.8 Å². The Bertz CT molecular complexity index is 281. The van der Waals surface area contributed by atoms with Crippen molar-refractivity contribution < 1.29 is 4.74 Å². The van der Waals surface area contributed by atoms with Crippen molar-refractivity contribution in [3.8, 4) is 5.88 Å². The highest BCUT2D eigenvalue weighted by Gasteiger charge is 1.95. The van der Waals surface area contributed by atoms with Gasteiger partial charge in [-0.25, -0.2) is 4.98 Å². The molecule has 1 heterocycles. The summed E-state index contributed by atoms with van der Waals surface area (Å²) in [7, 11) is 0. The van der Waals surface area contributed by atoms with Gasteiger partial charge in [0.1, 0.15) is 0 Å². The van der Waals surface area contributed by atoms with E-state index in [1.54, 1.807) is 6.20 Å². The van der Waals surface area contributed by atoms with Gasteiger partial charge < -0.3 is 10.5 Å². The highest BCUT2D eigenvalue weighted by molar-refractivity contribution is 9.10. The summed E-state index contributed by atoms with van der Waals surface area (Å²) >= 11 is 3.37. The Labute approximate surface area is 99.2 Å². The van der Waals surface area contributed by atoms with Gasteiger partial charge in [0.2, 0.25) is 5.88 Å². The Balaban J connectivity index is 2.10. The Morgan fingerprint density at radius 3 is 2.80 bits per heavy atom. The van der Waals surface area contributed by atoms with Crippen LogP contribution in [0.1, 0.15) is 25.7 Å². The van der Waals surface area contributed by atoms with Crippen molar-refractivity contribution in [1.29, 1.82) is 0 Å². The fourth-order valence-corrected chi connectivity index (χ4v) is 1.55. The second-order valence-electron chi connectivity index (χ2n) is 3.36. The van der Waals surface area contributed by atoms with Crippen molar-refractivity contribution >= 4 is 15.9 Å². The van der Waals surface area contributed by atoms with Gasteiger partial charge in [-0.05, 0) is 25.5 Å². The van der Waals surface area contributed by atoms with Crippen LogP contribution in [0.15, 0.2) is 22.8 Å². The van der Waals surface area contributed by atoms with Crippen LogP contribution in [0.4, 0.5) is 0 Å². The molecular weight excluding hydrogens is 256 g/mol. The van der Waals surface area contributed by atoms with Gasteiger partial charge in [0.15, 0.2) is 0 Å². The third kappa shape index (κ3) is 5.74. The van der Waals surface area contributed by atoms with Gasteiger partial charge in [0, 0.05) is 16.7 Å². The van der Waals surface area contributed by atoms with E-state index in [0.29, 0.717) is 5.88 Å². The molecule has 3 nitrogen and oxygen atoms in total. The summed E-state index contributed by atoms with van der Waals surface area (Å²) in [5.41, 5.74) is 5.40. The summed E-state index contributed by atoms with van der Waals surface area (Å²) in [5, 5.41) is 0. The highest BCUT2D eigenvalue weighted by atomic mass is 79.9. The predicted octanol–water partition coefficient (Wildman–Crippen LogP) is 2.74. The molecule has 0 fully saturated rings. The number of ether oxygens (including phenoxy) is 1. The molecule has 0 unspecified atom stereocenters. The lowest BCUT2D eigenvalue weighted by atomic mass is 10.2. The Morgan fingerprint density at radius 1 is 1.27 bits per heavy atom. The molecule has 1 rings (SSSR count). The molecule has 0 spiro atoms. The summed E-state index contributed by atoms with van der Waals surface area (Å²) in [6, 6.07) is 3.76. The number of rotatable bonds is 7. The second-order valence-corrected chi connectivity index (χ2v) is 4.28. The molecule has 0 aliphatic heterocycles. The van der Waals surface area contributed by atoms with Crippen LogP contribution < -0.4 is 10.5 Å². The van der Waals surface area contributed by atoms with Crippen molar-refractivity contribution in [2.24, 2.45) is 5.73 Å². The average Bonchev–Trinajstić information content (AvgIpc) is 2.23. The Morgan fingerprint density at radius 2 is 2.07 bits per heavy atom. The van der Waals surface area contributed by atoms with E-state index in [1.165, 1.54) is 12.8 Å². The number of nitrogens with two attached hydrogens (primary N) is 1. The van der Waals surface area contributed by atoms with Gasteiger partial charge in [-0.2, -0.15) is 0 Å². The zero-order chi connectivity index (χ0) is 10.9. The van der Waals surface area contributed by atoms with Crippen LogP contribution in [0.5, 0.6) is 5.88 Å². The zero-order valence-corrected chi connectivity index (χ0v) is 10.4. The van der Waals surface area contributed by atoms with Crippen LogP contribution in [-0.4, -0.2) is 18.1 Å². The van der Waals surface area contributed by atoms with E-state index in [2.05, 4.69) is 20.9 Å². The fraction of sp³-hybridized carbons (Fsp3) is 0.545. The molecular formula is C11H17BrN2O. The number of nitrogens with zero attached hydrogens (tertiary/aromatic N) is 1. The normalized spacial score (nSPS) is 10.3. The Hall–Kier alpha value is -0.610. The van der Waals surface area contributed by atoms with Crippen LogP contribution in [0, 0.1) is 0 Å². The van der Waals surface area contributed by atoms with Gasteiger partial charge in [-0.15, -0.1) is 0 Å². The van der Waals surface area contributed by atoms with Crippen LogP contribution in [-0.2, 0) is 0 Å². The molecule has 2 N–H and O–H groups in total. The maximum atomic E-state index is 5.49. The lowest BCUT2D eigenvalue weighted by Crippen LogP contribution is -2.01. The summed E-state index contributed by atoms with van der Waals surface area (Å²) < 4.78 is 6.49. The minimum absolute atomic E-state index is 0.684. The quantitative estimate of drug-likeness (QED) is 0.777. The lowest BCUT2D eigenvalue weighted by Gasteiger charge is -2.04. The molecule has 0 bridgehead atoms. The van der Waals surface area contributed by atoms with E-state index < -0.39 is 0 Å². The van der Waals surface area contributed by atoms with Crippen LogP contribution in [0.3, 0.4) is 0 Å². The van der Waals surface area contributed by atoms with Crippen molar-refractivity contribution in [3.63, 3.8) is 0 Å².